The van der Waals surface area contributed by atoms with Crippen molar-refractivity contribution in [2.75, 3.05) is 13.1 Å². The van der Waals surface area contributed by atoms with Crippen LogP contribution in [0.5, 0.6) is 0 Å². The van der Waals surface area contributed by atoms with Gasteiger partial charge in [-0.2, -0.15) is 5.10 Å². The van der Waals surface area contributed by atoms with Crippen LogP contribution in [-0.4, -0.2) is 35.5 Å². The van der Waals surface area contributed by atoms with Crippen LogP contribution in [0.4, 0.5) is 0 Å². The molecule has 0 aromatic rings. The van der Waals surface area contributed by atoms with Crippen LogP contribution in [0.3, 0.4) is 0 Å². The van der Waals surface area contributed by atoms with Crippen LogP contribution in [0.15, 0.2) is 5.10 Å². The van der Waals surface area contributed by atoms with Crippen molar-refractivity contribution in [3.05, 3.63) is 0 Å². The third-order valence-electron chi connectivity index (χ3n) is 2.84. The molecule has 0 fully saturated rings. The molecule has 15 heavy (non-hydrogen) atoms. The molecular formula is C12H25N3. The van der Waals surface area contributed by atoms with Gasteiger partial charge in [-0.1, -0.05) is 33.6 Å². The molecule has 0 saturated heterocycles. The van der Waals surface area contributed by atoms with Crippen LogP contribution in [-0.2, 0) is 0 Å². The summed E-state index contributed by atoms with van der Waals surface area (Å²) >= 11 is 0. The minimum absolute atomic E-state index is 0.529. The van der Waals surface area contributed by atoms with E-state index in [-0.39, 0.29) is 0 Å². The van der Waals surface area contributed by atoms with Gasteiger partial charge in [0.05, 0.1) is 0 Å². The average Bonchev–Trinajstić information content (AvgIpc) is 2.60. The van der Waals surface area contributed by atoms with Gasteiger partial charge in [0.25, 0.3) is 0 Å². The van der Waals surface area contributed by atoms with Crippen molar-refractivity contribution in [2.24, 2.45) is 5.10 Å². The molecule has 1 unspecified atom stereocenters. The minimum atomic E-state index is 0.529. The SMILES string of the molecule is CCCCN1N=CN(CCC)C1CCC. The zero-order valence-electron chi connectivity index (χ0n) is 10.4. The van der Waals surface area contributed by atoms with Gasteiger partial charge in [-0.25, -0.2) is 0 Å². The Labute approximate surface area is 94.1 Å². The molecule has 0 aromatic heterocycles. The van der Waals surface area contributed by atoms with Gasteiger partial charge in [-0.05, 0) is 19.3 Å². The molecule has 1 aliphatic heterocycles. The van der Waals surface area contributed by atoms with Crippen LogP contribution in [0.1, 0.15) is 52.9 Å². The summed E-state index contributed by atoms with van der Waals surface area (Å²) in [5.74, 6) is 0. The molecular weight excluding hydrogens is 186 g/mol. The Morgan fingerprint density at radius 3 is 2.47 bits per heavy atom. The van der Waals surface area contributed by atoms with E-state index in [1.54, 1.807) is 0 Å². The summed E-state index contributed by atoms with van der Waals surface area (Å²) in [6, 6.07) is 0. The molecule has 1 rings (SSSR count). The highest BCUT2D eigenvalue weighted by molar-refractivity contribution is 5.57. The number of rotatable bonds is 7. The van der Waals surface area contributed by atoms with Crippen molar-refractivity contribution in [3.63, 3.8) is 0 Å². The van der Waals surface area contributed by atoms with Gasteiger partial charge in [-0.3, -0.25) is 5.01 Å². The average molecular weight is 211 g/mol. The van der Waals surface area contributed by atoms with Crippen molar-refractivity contribution in [1.82, 2.24) is 9.91 Å². The molecule has 3 heteroatoms. The Bertz CT molecular complexity index is 191. The Kier molecular flexibility index (Phi) is 5.51. The molecule has 0 saturated carbocycles. The third-order valence-corrected chi connectivity index (χ3v) is 2.84. The highest BCUT2D eigenvalue weighted by atomic mass is 15.6. The molecule has 1 atom stereocenters. The van der Waals surface area contributed by atoms with Crippen molar-refractivity contribution >= 4 is 6.34 Å². The predicted octanol–water partition coefficient (Wildman–Crippen LogP) is 2.88. The fourth-order valence-electron chi connectivity index (χ4n) is 2.02. The maximum atomic E-state index is 4.51. The van der Waals surface area contributed by atoms with Crippen LogP contribution in [0.25, 0.3) is 0 Å². The quantitative estimate of drug-likeness (QED) is 0.645. The molecule has 0 aliphatic carbocycles. The molecule has 1 aliphatic rings. The number of hydrogen-bond acceptors (Lipinski definition) is 3. The van der Waals surface area contributed by atoms with E-state index in [1.807, 2.05) is 6.34 Å². The van der Waals surface area contributed by atoms with Crippen LogP contribution in [0.2, 0.25) is 0 Å². The standard InChI is InChI=1S/C12H25N3/c1-4-7-10-15-12(8-5-2)14(9-6-3)11-13-15/h11-12H,4-10H2,1-3H3. The number of unbranched alkanes of at least 4 members (excludes halogenated alkanes) is 1. The molecule has 0 radical (unpaired) electrons. The lowest BCUT2D eigenvalue weighted by atomic mass is 10.2. The van der Waals surface area contributed by atoms with Crippen LogP contribution in [0, 0.1) is 0 Å². The zero-order chi connectivity index (χ0) is 11.1. The first-order valence-corrected chi connectivity index (χ1v) is 6.39. The summed E-state index contributed by atoms with van der Waals surface area (Å²) in [4.78, 5) is 2.39. The summed E-state index contributed by atoms with van der Waals surface area (Å²) in [6.07, 6.45) is 8.71. The highest BCUT2D eigenvalue weighted by Gasteiger charge is 2.25. The Morgan fingerprint density at radius 2 is 1.87 bits per heavy atom. The molecule has 0 amide bonds. The first kappa shape index (κ1) is 12.3. The summed E-state index contributed by atoms with van der Waals surface area (Å²) in [5, 5.41) is 6.77. The van der Waals surface area contributed by atoms with E-state index >= 15 is 0 Å². The lowest BCUT2D eigenvalue weighted by Gasteiger charge is -2.30. The topological polar surface area (TPSA) is 18.8 Å². The highest BCUT2D eigenvalue weighted by Crippen LogP contribution is 2.18. The van der Waals surface area contributed by atoms with E-state index in [1.165, 1.54) is 32.1 Å². The van der Waals surface area contributed by atoms with E-state index < -0.39 is 0 Å². The number of hydrazone groups is 1. The predicted molar refractivity (Wildman–Crippen MR) is 65.8 cm³/mol. The fraction of sp³-hybridized carbons (Fsp3) is 0.917. The summed E-state index contributed by atoms with van der Waals surface area (Å²) in [6.45, 7) is 8.96. The number of nitrogens with zero attached hydrogens (tertiary/aromatic N) is 3. The maximum absolute atomic E-state index is 4.51. The molecule has 0 aromatic carbocycles. The van der Waals surface area contributed by atoms with E-state index in [0.29, 0.717) is 6.17 Å². The Balaban J connectivity index is 2.46. The van der Waals surface area contributed by atoms with E-state index in [0.717, 1.165) is 13.1 Å². The van der Waals surface area contributed by atoms with Gasteiger partial charge in [0, 0.05) is 13.1 Å². The van der Waals surface area contributed by atoms with Gasteiger partial charge < -0.3 is 4.90 Å². The van der Waals surface area contributed by atoms with Gasteiger partial charge >= 0.3 is 0 Å². The second-order valence-electron chi connectivity index (χ2n) is 4.25. The summed E-state index contributed by atoms with van der Waals surface area (Å²) < 4.78 is 0. The minimum Gasteiger partial charge on any atom is -0.339 e. The molecule has 3 nitrogen and oxygen atoms in total. The molecule has 88 valence electrons. The molecule has 0 N–H and O–H groups in total. The molecule has 0 spiro atoms. The maximum Gasteiger partial charge on any atom is 0.119 e. The van der Waals surface area contributed by atoms with E-state index in [2.05, 4.69) is 35.8 Å². The fourth-order valence-corrected chi connectivity index (χ4v) is 2.02. The smallest absolute Gasteiger partial charge is 0.119 e. The second-order valence-corrected chi connectivity index (χ2v) is 4.25. The number of hydrogen-bond donors (Lipinski definition) is 0. The van der Waals surface area contributed by atoms with Crippen LogP contribution >= 0.6 is 0 Å². The lowest BCUT2D eigenvalue weighted by molar-refractivity contribution is 0.120. The van der Waals surface area contributed by atoms with Crippen molar-refractivity contribution in [2.45, 2.75) is 59.0 Å². The van der Waals surface area contributed by atoms with Gasteiger partial charge in [0.2, 0.25) is 0 Å². The van der Waals surface area contributed by atoms with E-state index in [9.17, 15) is 0 Å². The van der Waals surface area contributed by atoms with Crippen molar-refractivity contribution < 1.29 is 0 Å². The van der Waals surface area contributed by atoms with E-state index in [4.69, 9.17) is 0 Å². The van der Waals surface area contributed by atoms with Crippen molar-refractivity contribution in [3.8, 4) is 0 Å². The Hall–Kier alpha value is -0.730. The monoisotopic (exact) mass is 211 g/mol. The molecule has 0 bridgehead atoms. The van der Waals surface area contributed by atoms with Crippen molar-refractivity contribution in [1.29, 1.82) is 0 Å². The first-order chi connectivity index (χ1) is 7.33. The third kappa shape index (κ3) is 3.40. The lowest BCUT2D eigenvalue weighted by Crippen LogP contribution is -2.40. The Morgan fingerprint density at radius 1 is 1.07 bits per heavy atom. The normalized spacial score (nSPS) is 20.3. The van der Waals surface area contributed by atoms with Crippen LogP contribution < -0.4 is 0 Å². The molecule has 1 heterocycles. The first-order valence-electron chi connectivity index (χ1n) is 6.39. The summed E-state index contributed by atoms with van der Waals surface area (Å²) in [7, 11) is 0. The van der Waals surface area contributed by atoms with Gasteiger partial charge in [0.15, 0.2) is 0 Å². The second kappa shape index (κ2) is 6.70. The summed E-state index contributed by atoms with van der Waals surface area (Å²) in [5.41, 5.74) is 0. The zero-order valence-corrected chi connectivity index (χ0v) is 10.4. The largest absolute Gasteiger partial charge is 0.339 e. The van der Waals surface area contributed by atoms with Gasteiger partial charge in [0.1, 0.15) is 12.5 Å². The van der Waals surface area contributed by atoms with Gasteiger partial charge in [-0.15, -0.1) is 0 Å².